The highest BCUT2D eigenvalue weighted by Crippen LogP contribution is 2.30. The molecule has 3 N–H and O–H groups in total. The molecule has 1 fully saturated rings. The van der Waals surface area contributed by atoms with Crippen molar-refractivity contribution in [1.29, 1.82) is 0 Å². The molecule has 3 rings (SSSR count). The third kappa shape index (κ3) is 3.79. The molecule has 2 atom stereocenters. The number of benzene rings is 1. The average Bonchev–Trinajstić information content (AvgIpc) is 3.26. The minimum absolute atomic E-state index is 0.113. The van der Waals surface area contributed by atoms with E-state index in [4.69, 9.17) is 5.73 Å². The highest BCUT2D eigenvalue weighted by molar-refractivity contribution is 5.79. The van der Waals surface area contributed by atoms with Gasteiger partial charge in [-0.05, 0) is 55.5 Å². The van der Waals surface area contributed by atoms with Crippen LogP contribution in [0.1, 0.15) is 24.8 Å². The molecule has 5 nitrogen and oxygen atoms in total. The maximum Gasteiger partial charge on any atom is 0.223 e. The first-order valence-electron chi connectivity index (χ1n) is 8.34. The Morgan fingerprint density at radius 3 is 2.83 bits per heavy atom. The molecular formula is C18H24N4O. The summed E-state index contributed by atoms with van der Waals surface area (Å²) in [6, 6.07) is 10.2. The predicted molar refractivity (Wildman–Crippen MR) is 90.2 cm³/mol. The molecular weight excluding hydrogens is 288 g/mol. The van der Waals surface area contributed by atoms with Crippen LogP contribution in [0.4, 0.5) is 0 Å². The van der Waals surface area contributed by atoms with Crippen LogP contribution >= 0.6 is 0 Å². The molecule has 0 spiro atoms. The summed E-state index contributed by atoms with van der Waals surface area (Å²) in [7, 11) is 0. The second-order valence-corrected chi connectivity index (χ2v) is 6.19. The second-order valence-electron chi connectivity index (χ2n) is 6.19. The van der Waals surface area contributed by atoms with Gasteiger partial charge in [0, 0.05) is 24.9 Å². The third-order valence-electron chi connectivity index (χ3n) is 4.72. The number of nitrogens with two attached hydrogens (primary N) is 1. The van der Waals surface area contributed by atoms with Crippen LogP contribution in [0, 0.1) is 11.8 Å². The van der Waals surface area contributed by atoms with Crippen LogP contribution < -0.4 is 11.1 Å². The summed E-state index contributed by atoms with van der Waals surface area (Å²) in [5.74, 6) is 0.650. The average molecular weight is 312 g/mol. The summed E-state index contributed by atoms with van der Waals surface area (Å²) in [6.07, 6.45) is 7.71. The summed E-state index contributed by atoms with van der Waals surface area (Å²) in [4.78, 5) is 12.2. The number of rotatable bonds is 6. The minimum atomic E-state index is 0.113. The molecule has 1 amide bonds. The van der Waals surface area contributed by atoms with Gasteiger partial charge in [0.1, 0.15) is 0 Å². The molecule has 0 radical (unpaired) electrons. The number of hydrogen-bond acceptors (Lipinski definition) is 3. The van der Waals surface area contributed by atoms with Crippen LogP contribution in [0.15, 0.2) is 42.7 Å². The van der Waals surface area contributed by atoms with E-state index in [9.17, 15) is 4.79 Å². The molecule has 0 bridgehead atoms. The van der Waals surface area contributed by atoms with Gasteiger partial charge in [-0.2, -0.15) is 5.10 Å². The minimum Gasteiger partial charge on any atom is -0.356 e. The van der Waals surface area contributed by atoms with Gasteiger partial charge in [0.2, 0.25) is 5.91 Å². The first-order valence-corrected chi connectivity index (χ1v) is 8.34. The lowest BCUT2D eigenvalue weighted by molar-refractivity contribution is -0.125. The highest BCUT2D eigenvalue weighted by Gasteiger charge is 2.31. The van der Waals surface area contributed by atoms with Crippen molar-refractivity contribution in [2.45, 2.75) is 25.7 Å². The molecule has 1 aliphatic carbocycles. The van der Waals surface area contributed by atoms with Gasteiger partial charge in [0.05, 0.1) is 5.69 Å². The molecule has 1 aromatic carbocycles. The number of carbonyl (C=O) groups excluding carboxylic acids is 1. The van der Waals surface area contributed by atoms with Crippen LogP contribution in [0.25, 0.3) is 5.69 Å². The number of aromatic nitrogens is 2. The number of amides is 1. The van der Waals surface area contributed by atoms with Gasteiger partial charge in [-0.3, -0.25) is 4.79 Å². The highest BCUT2D eigenvalue weighted by atomic mass is 16.1. The lowest BCUT2D eigenvalue weighted by atomic mass is 9.95. The fraction of sp³-hybridized carbons (Fsp3) is 0.444. The van der Waals surface area contributed by atoms with E-state index in [1.807, 2.05) is 29.1 Å². The zero-order chi connectivity index (χ0) is 16.1. The molecule has 1 saturated carbocycles. The van der Waals surface area contributed by atoms with E-state index in [-0.39, 0.29) is 11.8 Å². The summed E-state index contributed by atoms with van der Waals surface area (Å²) >= 11 is 0. The summed E-state index contributed by atoms with van der Waals surface area (Å²) in [6.45, 7) is 1.29. The van der Waals surface area contributed by atoms with Gasteiger partial charge in [-0.15, -0.1) is 0 Å². The quantitative estimate of drug-likeness (QED) is 0.856. The first-order chi connectivity index (χ1) is 11.3. The fourth-order valence-corrected chi connectivity index (χ4v) is 3.36. The molecule has 5 heteroatoms. The predicted octanol–water partition coefficient (Wildman–Crippen LogP) is 1.91. The Balaban J connectivity index is 1.48. The Hall–Kier alpha value is -2.14. The summed E-state index contributed by atoms with van der Waals surface area (Å²) < 4.78 is 1.83. The van der Waals surface area contributed by atoms with Gasteiger partial charge >= 0.3 is 0 Å². The van der Waals surface area contributed by atoms with Crippen molar-refractivity contribution in [3.63, 3.8) is 0 Å². The van der Waals surface area contributed by atoms with Crippen molar-refractivity contribution < 1.29 is 4.79 Å². The number of hydrogen-bond donors (Lipinski definition) is 2. The third-order valence-corrected chi connectivity index (χ3v) is 4.72. The standard InChI is InChI=1S/C18H24N4O/c19-13-15-3-1-4-17(15)18(23)20-11-9-14-5-7-16(8-6-14)22-12-2-10-21-22/h2,5-8,10,12,15,17H,1,3-4,9,11,13,19H2,(H,20,23)/t15-,17-/m1/s1. The van der Waals surface area contributed by atoms with Gasteiger partial charge in [0.15, 0.2) is 0 Å². The first kappa shape index (κ1) is 15.7. The van der Waals surface area contributed by atoms with E-state index in [0.29, 0.717) is 19.0 Å². The smallest absolute Gasteiger partial charge is 0.223 e. The van der Waals surface area contributed by atoms with Crippen LogP contribution in [0.5, 0.6) is 0 Å². The van der Waals surface area contributed by atoms with Crippen LogP contribution in [-0.4, -0.2) is 28.8 Å². The number of nitrogens with zero attached hydrogens (tertiary/aromatic N) is 2. The van der Waals surface area contributed by atoms with Crippen molar-refractivity contribution >= 4 is 5.91 Å². The number of nitrogens with one attached hydrogen (secondary N) is 1. The van der Waals surface area contributed by atoms with E-state index < -0.39 is 0 Å². The second kappa shape index (κ2) is 7.42. The van der Waals surface area contributed by atoms with Crippen LogP contribution in [-0.2, 0) is 11.2 Å². The zero-order valence-corrected chi connectivity index (χ0v) is 13.3. The molecule has 0 unspecified atom stereocenters. The van der Waals surface area contributed by atoms with Gasteiger partial charge in [-0.25, -0.2) is 4.68 Å². The Kier molecular flexibility index (Phi) is 5.08. The largest absolute Gasteiger partial charge is 0.356 e. The Morgan fingerprint density at radius 1 is 1.30 bits per heavy atom. The van der Waals surface area contributed by atoms with Gasteiger partial charge in [-0.1, -0.05) is 18.6 Å². The lowest BCUT2D eigenvalue weighted by Gasteiger charge is -2.17. The molecule has 1 aromatic heterocycles. The zero-order valence-electron chi connectivity index (χ0n) is 13.3. The summed E-state index contributed by atoms with van der Waals surface area (Å²) in [5.41, 5.74) is 8.00. The van der Waals surface area contributed by atoms with Crippen molar-refractivity contribution in [3.8, 4) is 5.69 Å². The van der Waals surface area contributed by atoms with E-state index >= 15 is 0 Å². The van der Waals surface area contributed by atoms with E-state index in [1.165, 1.54) is 5.56 Å². The molecule has 23 heavy (non-hydrogen) atoms. The van der Waals surface area contributed by atoms with Crippen molar-refractivity contribution in [1.82, 2.24) is 15.1 Å². The summed E-state index contributed by atoms with van der Waals surface area (Å²) in [5, 5.41) is 7.28. The van der Waals surface area contributed by atoms with Crippen molar-refractivity contribution in [2.24, 2.45) is 17.6 Å². The Bertz CT molecular complexity index is 621. The molecule has 122 valence electrons. The Labute approximate surface area is 136 Å². The van der Waals surface area contributed by atoms with Gasteiger partial charge < -0.3 is 11.1 Å². The van der Waals surface area contributed by atoms with E-state index in [1.54, 1.807) is 6.20 Å². The van der Waals surface area contributed by atoms with Crippen LogP contribution in [0.2, 0.25) is 0 Å². The fourth-order valence-electron chi connectivity index (χ4n) is 3.36. The maximum absolute atomic E-state index is 12.2. The Morgan fingerprint density at radius 2 is 2.13 bits per heavy atom. The maximum atomic E-state index is 12.2. The SMILES string of the molecule is NC[C@H]1CCC[C@H]1C(=O)NCCc1ccc(-n2cccn2)cc1. The van der Waals surface area contributed by atoms with Crippen molar-refractivity contribution in [3.05, 3.63) is 48.3 Å². The molecule has 0 aliphatic heterocycles. The van der Waals surface area contributed by atoms with E-state index in [0.717, 1.165) is 31.4 Å². The van der Waals surface area contributed by atoms with Gasteiger partial charge in [0.25, 0.3) is 0 Å². The molecule has 0 saturated heterocycles. The molecule has 1 heterocycles. The van der Waals surface area contributed by atoms with E-state index in [2.05, 4.69) is 22.5 Å². The topological polar surface area (TPSA) is 72.9 Å². The van der Waals surface area contributed by atoms with Crippen molar-refractivity contribution in [2.75, 3.05) is 13.1 Å². The normalized spacial score (nSPS) is 20.6. The lowest BCUT2D eigenvalue weighted by Crippen LogP contribution is -2.36. The molecule has 1 aliphatic rings. The van der Waals surface area contributed by atoms with Crippen LogP contribution in [0.3, 0.4) is 0 Å². The monoisotopic (exact) mass is 312 g/mol. The molecule has 2 aromatic rings. The number of carbonyl (C=O) groups is 1.